The zero-order valence-corrected chi connectivity index (χ0v) is 16.8. The van der Waals surface area contributed by atoms with Crippen LogP contribution >= 0.6 is 22.7 Å². The van der Waals surface area contributed by atoms with E-state index in [1.807, 2.05) is 31.3 Å². The molecule has 5 heterocycles. The first-order valence-corrected chi connectivity index (χ1v) is 10.7. The molecule has 0 fully saturated rings. The molecule has 1 aliphatic rings. The standard InChI is InChI=1S/C20H19N3O2S2/c1-12-10-15(13(2)24-12)20-22-21-18(25-20)11-23-7-5-16-14(6-9-27-16)19(23)17-4-3-8-26-17/h3-4,6,8-10,19H,5,7,11H2,1-2H3/t19-/m1/s1. The minimum absolute atomic E-state index is 0.258. The van der Waals surface area contributed by atoms with Crippen LogP contribution in [0.5, 0.6) is 0 Å². The van der Waals surface area contributed by atoms with E-state index in [1.165, 1.54) is 15.3 Å². The third-order valence-electron chi connectivity index (χ3n) is 4.95. The van der Waals surface area contributed by atoms with E-state index < -0.39 is 0 Å². The third-order valence-corrected chi connectivity index (χ3v) is 6.88. The van der Waals surface area contributed by atoms with Gasteiger partial charge in [0.25, 0.3) is 5.89 Å². The van der Waals surface area contributed by atoms with Crippen molar-refractivity contribution in [2.24, 2.45) is 0 Å². The van der Waals surface area contributed by atoms with Crippen molar-refractivity contribution in [1.82, 2.24) is 15.1 Å². The van der Waals surface area contributed by atoms with Gasteiger partial charge in [-0.3, -0.25) is 4.90 Å². The molecule has 0 radical (unpaired) electrons. The van der Waals surface area contributed by atoms with Gasteiger partial charge in [0.2, 0.25) is 5.89 Å². The Morgan fingerprint density at radius 2 is 2.07 bits per heavy atom. The molecule has 5 rings (SSSR count). The van der Waals surface area contributed by atoms with Crippen LogP contribution in [0.1, 0.15) is 38.8 Å². The van der Waals surface area contributed by atoms with Gasteiger partial charge in [-0.15, -0.1) is 32.9 Å². The second-order valence-electron chi connectivity index (χ2n) is 6.77. The zero-order valence-electron chi connectivity index (χ0n) is 15.1. The molecule has 0 saturated heterocycles. The Balaban J connectivity index is 1.44. The lowest BCUT2D eigenvalue weighted by molar-refractivity contribution is 0.189. The van der Waals surface area contributed by atoms with E-state index >= 15 is 0 Å². The van der Waals surface area contributed by atoms with E-state index in [0.29, 0.717) is 18.3 Å². The molecule has 0 bridgehead atoms. The quantitative estimate of drug-likeness (QED) is 0.473. The number of nitrogens with zero attached hydrogens (tertiary/aromatic N) is 3. The van der Waals surface area contributed by atoms with Gasteiger partial charge in [-0.2, -0.15) is 0 Å². The number of aryl methyl sites for hydroxylation is 2. The fraction of sp³-hybridized carbons (Fsp3) is 0.300. The molecule has 27 heavy (non-hydrogen) atoms. The van der Waals surface area contributed by atoms with Crippen molar-refractivity contribution in [2.75, 3.05) is 6.54 Å². The maximum atomic E-state index is 5.98. The fourth-order valence-corrected chi connectivity index (χ4v) is 5.54. The first kappa shape index (κ1) is 16.9. The monoisotopic (exact) mass is 397 g/mol. The molecule has 138 valence electrons. The summed E-state index contributed by atoms with van der Waals surface area (Å²) in [5.74, 6) is 2.82. The van der Waals surface area contributed by atoms with Crippen molar-refractivity contribution < 1.29 is 8.83 Å². The number of thiophene rings is 2. The number of furan rings is 1. The summed E-state index contributed by atoms with van der Waals surface area (Å²) in [6.45, 7) is 5.46. The lowest BCUT2D eigenvalue weighted by Crippen LogP contribution is -2.34. The largest absolute Gasteiger partial charge is 0.466 e. The van der Waals surface area contributed by atoms with E-state index in [-0.39, 0.29) is 6.04 Å². The van der Waals surface area contributed by atoms with Crippen LogP contribution in [0.15, 0.2) is 43.9 Å². The smallest absolute Gasteiger partial charge is 0.251 e. The minimum Gasteiger partial charge on any atom is -0.466 e. The summed E-state index contributed by atoms with van der Waals surface area (Å²) < 4.78 is 11.6. The van der Waals surface area contributed by atoms with Crippen LogP contribution in [0, 0.1) is 13.8 Å². The molecule has 7 heteroatoms. The fourth-order valence-electron chi connectivity index (χ4n) is 3.76. The van der Waals surface area contributed by atoms with Crippen LogP contribution < -0.4 is 0 Å². The molecule has 4 aromatic rings. The van der Waals surface area contributed by atoms with Gasteiger partial charge in [-0.05, 0) is 54.8 Å². The molecule has 0 aliphatic carbocycles. The van der Waals surface area contributed by atoms with Gasteiger partial charge in [0.05, 0.1) is 18.2 Å². The predicted octanol–water partition coefficient (Wildman–Crippen LogP) is 5.22. The van der Waals surface area contributed by atoms with E-state index in [0.717, 1.165) is 30.0 Å². The molecule has 0 unspecified atom stereocenters. The highest BCUT2D eigenvalue weighted by atomic mass is 32.1. The molecule has 4 aromatic heterocycles. The molecule has 0 saturated carbocycles. The van der Waals surface area contributed by atoms with Crippen molar-refractivity contribution in [3.8, 4) is 11.5 Å². The molecule has 1 aliphatic heterocycles. The van der Waals surface area contributed by atoms with Crippen LogP contribution in [0.25, 0.3) is 11.5 Å². The summed E-state index contributed by atoms with van der Waals surface area (Å²) in [6, 6.07) is 8.79. The number of rotatable bonds is 4. The average molecular weight is 398 g/mol. The Morgan fingerprint density at radius 3 is 2.85 bits per heavy atom. The van der Waals surface area contributed by atoms with Crippen molar-refractivity contribution in [3.05, 3.63) is 67.8 Å². The third kappa shape index (κ3) is 3.05. The van der Waals surface area contributed by atoms with Crippen LogP contribution in [-0.4, -0.2) is 21.6 Å². The second-order valence-corrected chi connectivity index (χ2v) is 8.75. The first-order chi connectivity index (χ1) is 13.2. The maximum Gasteiger partial charge on any atom is 0.251 e. The topological polar surface area (TPSA) is 55.3 Å². The molecule has 5 nitrogen and oxygen atoms in total. The number of fused-ring (bicyclic) bond motifs is 1. The minimum atomic E-state index is 0.258. The average Bonchev–Trinajstić information content (AvgIpc) is 3.41. The Kier molecular flexibility index (Phi) is 4.22. The van der Waals surface area contributed by atoms with Gasteiger partial charge in [0, 0.05) is 16.3 Å². The van der Waals surface area contributed by atoms with Crippen molar-refractivity contribution in [2.45, 2.75) is 32.9 Å². The molecular weight excluding hydrogens is 378 g/mol. The highest BCUT2D eigenvalue weighted by Gasteiger charge is 2.31. The molecule has 0 N–H and O–H groups in total. The summed E-state index contributed by atoms with van der Waals surface area (Å²) in [5.41, 5.74) is 2.29. The Labute approximate surface area is 165 Å². The number of hydrogen-bond acceptors (Lipinski definition) is 7. The summed E-state index contributed by atoms with van der Waals surface area (Å²) in [4.78, 5) is 5.28. The molecular formula is C20H19N3O2S2. The maximum absolute atomic E-state index is 5.98. The van der Waals surface area contributed by atoms with Crippen molar-refractivity contribution in [3.63, 3.8) is 0 Å². The first-order valence-electron chi connectivity index (χ1n) is 8.92. The predicted molar refractivity (Wildman–Crippen MR) is 106 cm³/mol. The molecule has 1 atom stereocenters. The van der Waals surface area contributed by atoms with E-state index in [1.54, 1.807) is 11.3 Å². The number of aromatic nitrogens is 2. The lowest BCUT2D eigenvalue weighted by Gasteiger charge is -2.34. The summed E-state index contributed by atoms with van der Waals surface area (Å²) in [6.07, 6.45) is 1.07. The summed E-state index contributed by atoms with van der Waals surface area (Å²) in [5, 5.41) is 12.9. The van der Waals surface area contributed by atoms with Crippen LogP contribution in [0.4, 0.5) is 0 Å². The SMILES string of the molecule is Cc1cc(-c2nnc(CN3CCc4sccc4[C@@H]3c3cccs3)o2)c(C)o1. The van der Waals surface area contributed by atoms with Gasteiger partial charge < -0.3 is 8.83 Å². The van der Waals surface area contributed by atoms with Gasteiger partial charge >= 0.3 is 0 Å². The van der Waals surface area contributed by atoms with Crippen molar-refractivity contribution >= 4 is 22.7 Å². The Bertz CT molecular complexity index is 1060. The lowest BCUT2D eigenvalue weighted by atomic mass is 9.98. The Hall–Kier alpha value is -2.22. The second kappa shape index (κ2) is 6.74. The van der Waals surface area contributed by atoms with Crippen LogP contribution in [-0.2, 0) is 13.0 Å². The van der Waals surface area contributed by atoms with Crippen molar-refractivity contribution in [1.29, 1.82) is 0 Å². The van der Waals surface area contributed by atoms with E-state index in [9.17, 15) is 0 Å². The van der Waals surface area contributed by atoms with E-state index in [4.69, 9.17) is 8.83 Å². The zero-order chi connectivity index (χ0) is 18.4. The van der Waals surface area contributed by atoms with Gasteiger partial charge in [-0.25, -0.2) is 0 Å². The molecule has 0 aromatic carbocycles. The van der Waals surface area contributed by atoms with Gasteiger partial charge in [0.15, 0.2) is 0 Å². The van der Waals surface area contributed by atoms with E-state index in [2.05, 4.69) is 44.1 Å². The summed E-state index contributed by atoms with van der Waals surface area (Å²) in [7, 11) is 0. The Morgan fingerprint density at radius 1 is 1.15 bits per heavy atom. The summed E-state index contributed by atoms with van der Waals surface area (Å²) >= 11 is 3.66. The van der Waals surface area contributed by atoms with Crippen LogP contribution in [0.3, 0.4) is 0 Å². The van der Waals surface area contributed by atoms with Crippen LogP contribution in [0.2, 0.25) is 0 Å². The normalized spacial score (nSPS) is 17.3. The molecule has 0 spiro atoms. The molecule has 0 amide bonds. The number of hydrogen-bond donors (Lipinski definition) is 0. The highest BCUT2D eigenvalue weighted by molar-refractivity contribution is 7.10. The van der Waals surface area contributed by atoms with Gasteiger partial charge in [0.1, 0.15) is 11.5 Å². The highest BCUT2D eigenvalue weighted by Crippen LogP contribution is 2.40. The van der Waals surface area contributed by atoms with Gasteiger partial charge in [-0.1, -0.05) is 6.07 Å².